The Morgan fingerprint density at radius 3 is 2.69 bits per heavy atom. The third-order valence-corrected chi connectivity index (χ3v) is 2.15. The van der Waals surface area contributed by atoms with Gasteiger partial charge in [0.25, 0.3) is 0 Å². The summed E-state index contributed by atoms with van der Waals surface area (Å²) in [6.45, 7) is 1.90. The van der Waals surface area contributed by atoms with E-state index >= 15 is 0 Å². The molecule has 3 nitrogen and oxygen atoms in total. The SMILES string of the molecule is COC(=O)C(C)NCc1ccc(F)c(F)c1. The van der Waals surface area contributed by atoms with Gasteiger partial charge in [-0.1, -0.05) is 6.07 Å². The molecule has 0 aliphatic carbocycles. The van der Waals surface area contributed by atoms with E-state index in [1.165, 1.54) is 13.2 Å². The van der Waals surface area contributed by atoms with E-state index in [-0.39, 0.29) is 6.54 Å². The average Bonchev–Trinajstić information content (AvgIpc) is 2.29. The van der Waals surface area contributed by atoms with Crippen LogP contribution in [0.4, 0.5) is 8.78 Å². The van der Waals surface area contributed by atoms with Crippen molar-refractivity contribution < 1.29 is 18.3 Å². The van der Waals surface area contributed by atoms with Crippen LogP contribution in [0.5, 0.6) is 0 Å². The highest BCUT2D eigenvalue weighted by Gasteiger charge is 2.12. The molecule has 0 saturated heterocycles. The van der Waals surface area contributed by atoms with Crippen LogP contribution in [-0.4, -0.2) is 19.1 Å². The molecule has 1 atom stereocenters. The number of esters is 1. The van der Waals surface area contributed by atoms with E-state index in [1.807, 2.05) is 0 Å². The summed E-state index contributed by atoms with van der Waals surface area (Å²) in [5, 5.41) is 2.83. The Morgan fingerprint density at radius 2 is 2.12 bits per heavy atom. The molecule has 0 heterocycles. The van der Waals surface area contributed by atoms with Crippen molar-refractivity contribution in [3.63, 3.8) is 0 Å². The lowest BCUT2D eigenvalue weighted by atomic mass is 10.2. The van der Waals surface area contributed by atoms with Gasteiger partial charge in [-0.2, -0.15) is 0 Å². The molecule has 0 aliphatic rings. The fourth-order valence-electron chi connectivity index (χ4n) is 1.18. The smallest absolute Gasteiger partial charge is 0.322 e. The first-order chi connectivity index (χ1) is 7.54. The van der Waals surface area contributed by atoms with Crippen LogP contribution in [0.15, 0.2) is 18.2 Å². The zero-order valence-electron chi connectivity index (χ0n) is 9.09. The molecular formula is C11H13F2NO2. The lowest BCUT2D eigenvalue weighted by molar-refractivity contribution is -0.142. The molecule has 0 aliphatic heterocycles. The minimum absolute atomic E-state index is 0.271. The largest absolute Gasteiger partial charge is 0.468 e. The van der Waals surface area contributed by atoms with Crippen molar-refractivity contribution >= 4 is 5.97 Å². The van der Waals surface area contributed by atoms with E-state index in [9.17, 15) is 13.6 Å². The molecule has 1 rings (SSSR count). The molecule has 0 fully saturated rings. The molecule has 88 valence electrons. The standard InChI is InChI=1S/C11H13F2NO2/c1-7(11(15)16-2)14-6-8-3-4-9(12)10(13)5-8/h3-5,7,14H,6H2,1-2H3. The lowest BCUT2D eigenvalue weighted by Crippen LogP contribution is -2.34. The summed E-state index contributed by atoms with van der Waals surface area (Å²) < 4.78 is 30.0. The van der Waals surface area contributed by atoms with Crippen LogP contribution < -0.4 is 5.32 Å². The summed E-state index contributed by atoms with van der Waals surface area (Å²) in [6.07, 6.45) is 0. The van der Waals surface area contributed by atoms with E-state index < -0.39 is 23.6 Å². The monoisotopic (exact) mass is 229 g/mol. The number of hydrogen-bond donors (Lipinski definition) is 1. The Hall–Kier alpha value is -1.49. The molecule has 1 aromatic rings. The third-order valence-electron chi connectivity index (χ3n) is 2.15. The van der Waals surface area contributed by atoms with Crippen molar-refractivity contribution in [1.82, 2.24) is 5.32 Å². The van der Waals surface area contributed by atoms with Crippen molar-refractivity contribution in [3.8, 4) is 0 Å². The van der Waals surface area contributed by atoms with Gasteiger partial charge >= 0.3 is 5.97 Å². The van der Waals surface area contributed by atoms with Crippen molar-refractivity contribution in [3.05, 3.63) is 35.4 Å². The number of rotatable bonds is 4. The van der Waals surface area contributed by atoms with Crippen LogP contribution in [0.3, 0.4) is 0 Å². The number of methoxy groups -OCH3 is 1. The molecule has 0 saturated carbocycles. The van der Waals surface area contributed by atoms with Crippen molar-refractivity contribution in [2.75, 3.05) is 7.11 Å². The van der Waals surface area contributed by atoms with Crippen LogP contribution in [-0.2, 0) is 16.1 Å². The van der Waals surface area contributed by atoms with Crippen molar-refractivity contribution in [2.24, 2.45) is 0 Å². The fourth-order valence-corrected chi connectivity index (χ4v) is 1.18. The molecule has 1 N–H and O–H groups in total. The zero-order valence-corrected chi connectivity index (χ0v) is 9.09. The Labute approximate surface area is 92.4 Å². The summed E-state index contributed by atoms with van der Waals surface area (Å²) in [7, 11) is 1.29. The Kier molecular flexibility index (Phi) is 4.37. The quantitative estimate of drug-likeness (QED) is 0.797. The predicted octanol–water partition coefficient (Wildman–Crippen LogP) is 1.62. The molecule has 0 bridgehead atoms. The summed E-state index contributed by atoms with van der Waals surface area (Å²) >= 11 is 0. The molecule has 0 radical (unpaired) electrons. The van der Waals surface area contributed by atoms with Gasteiger partial charge in [-0.25, -0.2) is 8.78 Å². The van der Waals surface area contributed by atoms with Gasteiger partial charge in [-0.15, -0.1) is 0 Å². The Morgan fingerprint density at radius 1 is 1.44 bits per heavy atom. The molecule has 16 heavy (non-hydrogen) atoms. The van der Waals surface area contributed by atoms with Crippen LogP contribution in [0.25, 0.3) is 0 Å². The molecule has 1 unspecified atom stereocenters. The second-order valence-corrected chi connectivity index (χ2v) is 3.37. The number of ether oxygens (including phenoxy) is 1. The summed E-state index contributed by atoms with van der Waals surface area (Å²) in [4.78, 5) is 11.0. The molecule has 1 aromatic carbocycles. The highest BCUT2D eigenvalue weighted by molar-refractivity contribution is 5.75. The minimum Gasteiger partial charge on any atom is -0.468 e. The number of benzene rings is 1. The van der Waals surface area contributed by atoms with Gasteiger partial charge in [0.2, 0.25) is 0 Å². The topological polar surface area (TPSA) is 38.3 Å². The van der Waals surface area contributed by atoms with E-state index in [1.54, 1.807) is 6.92 Å². The van der Waals surface area contributed by atoms with Crippen LogP contribution in [0.2, 0.25) is 0 Å². The van der Waals surface area contributed by atoms with Gasteiger partial charge in [-0.05, 0) is 24.6 Å². The van der Waals surface area contributed by atoms with Gasteiger partial charge in [0, 0.05) is 6.54 Å². The van der Waals surface area contributed by atoms with Crippen LogP contribution >= 0.6 is 0 Å². The highest BCUT2D eigenvalue weighted by atomic mass is 19.2. The van der Waals surface area contributed by atoms with Gasteiger partial charge in [0.05, 0.1) is 7.11 Å². The number of carbonyl (C=O) groups excluding carboxylic acids is 1. The van der Waals surface area contributed by atoms with Crippen LogP contribution in [0, 0.1) is 11.6 Å². The number of hydrogen-bond acceptors (Lipinski definition) is 3. The highest BCUT2D eigenvalue weighted by Crippen LogP contribution is 2.08. The van der Waals surface area contributed by atoms with E-state index in [0.29, 0.717) is 5.56 Å². The maximum Gasteiger partial charge on any atom is 0.322 e. The van der Waals surface area contributed by atoms with Gasteiger partial charge in [0.1, 0.15) is 6.04 Å². The first kappa shape index (κ1) is 12.6. The lowest BCUT2D eigenvalue weighted by Gasteiger charge is -2.11. The van der Waals surface area contributed by atoms with Crippen molar-refractivity contribution in [2.45, 2.75) is 19.5 Å². The normalized spacial score (nSPS) is 12.2. The van der Waals surface area contributed by atoms with E-state index in [2.05, 4.69) is 10.1 Å². The molecular weight excluding hydrogens is 216 g/mol. The van der Waals surface area contributed by atoms with E-state index in [4.69, 9.17) is 0 Å². The Bertz CT molecular complexity index is 382. The summed E-state index contributed by atoms with van der Waals surface area (Å²) in [5.41, 5.74) is 0.564. The van der Waals surface area contributed by atoms with Gasteiger partial charge < -0.3 is 10.1 Å². The summed E-state index contributed by atoms with van der Waals surface area (Å²) in [5.74, 6) is -2.18. The minimum atomic E-state index is -0.898. The van der Waals surface area contributed by atoms with Crippen LogP contribution in [0.1, 0.15) is 12.5 Å². The van der Waals surface area contributed by atoms with Gasteiger partial charge in [-0.3, -0.25) is 4.79 Å². The molecule has 5 heteroatoms. The maximum atomic E-state index is 12.8. The van der Waals surface area contributed by atoms with Crippen molar-refractivity contribution in [1.29, 1.82) is 0 Å². The molecule has 0 spiro atoms. The molecule has 0 amide bonds. The average molecular weight is 229 g/mol. The Balaban J connectivity index is 2.55. The number of nitrogens with one attached hydrogen (secondary N) is 1. The zero-order chi connectivity index (χ0) is 12.1. The first-order valence-corrected chi connectivity index (χ1v) is 4.79. The third kappa shape index (κ3) is 3.27. The fraction of sp³-hybridized carbons (Fsp3) is 0.364. The molecule has 0 aromatic heterocycles. The predicted molar refractivity (Wildman–Crippen MR) is 54.7 cm³/mol. The van der Waals surface area contributed by atoms with E-state index in [0.717, 1.165) is 12.1 Å². The maximum absolute atomic E-state index is 12.8. The first-order valence-electron chi connectivity index (χ1n) is 4.79. The van der Waals surface area contributed by atoms with Gasteiger partial charge in [0.15, 0.2) is 11.6 Å². The summed E-state index contributed by atoms with van der Waals surface area (Å²) in [6, 6.07) is 3.11. The second-order valence-electron chi connectivity index (χ2n) is 3.37. The number of carbonyl (C=O) groups is 1. The second kappa shape index (κ2) is 5.55. The number of halogens is 2.